The molecule has 8 heteroatoms. The van der Waals surface area contributed by atoms with Crippen LogP contribution in [-0.2, 0) is 6.54 Å². The Bertz CT molecular complexity index is 1100. The van der Waals surface area contributed by atoms with Gasteiger partial charge in [-0.15, -0.1) is 0 Å². The standard InChI is InChI=1S/C18H15N5O3/c1-2-8-22-11-19-15-10-12(6-7-16(15)22)17-20-18(26-21-17)13-4-3-5-14(9-13)23(24)25/h3-7,9-11H,2,8H2,1H3. The van der Waals surface area contributed by atoms with E-state index in [1.807, 2.05) is 24.5 Å². The molecule has 0 radical (unpaired) electrons. The largest absolute Gasteiger partial charge is 0.334 e. The minimum absolute atomic E-state index is 0.0230. The van der Waals surface area contributed by atoms with Crippen LogP contribution in [0.5, 0.6) is 0 Å². The van der Waals surface area contributed by atoms with Crippen molar-refractivity contribution in [1.29, 1.82) is 0 Å². The monoisotopic (exact) mass is 349 g/mol. The molecule has 2 aromatic heterocycles. The van der Waals surface area contributed by atoms with Crippen LogP contribution in [0.25, 0.3) is 33.9 Å². The van der Waals surface area contributed by atoms with Crippen molar-refractivity contribution in [2.75, 3.05) is 0 Å². The Balaban J connectivity index is 1.68. The van der Waals surface area contributed by atoms with Crippen molar-refractivity contribution in [1.82, 2.24) is 19.7 Å². The van der Waals surface area contributed by atoms with Gasteiger partial charge in [0.1, 0.15) is 0 Å². The van der Waals surface area contributed by atoms with Crippen molar-refractivity contribution in [3.8, 4) is 22.8 Å². The summed E-state index contributed by atoms with van der Waals surface area (Å²) in [6, 6.07) is 11.9. The number of hydrogen-bond acceptors (Lipinski definition) is 6. The number of fused-ring (bicyclic) bond motifs is 1. The van der Waals surface area contributed by atoms with Gasteiger partial charge in [-0.3, -0.25) is 10.1 Å². The summed E-state index contributed by atoms with van der Waals surface area (Å²) in [6.45, 7) is 3.03. The molecule has 0 N–H and O–H groups in total. The van der Waals surface area contributed by atoms with Gasteiger partial charge in [-0.1, -0.05) is 18.1 Å². The Morgan fingerprint density at radius 1 is 1.19 bits per heavy atom. The van der Waals surface area contributed by atoms with E-state index in [4.69, 9.17) is 4.52 Å². The maximum atomic E-state index is 10.9. The quantitative estimate of drug-likeness (QED) is 0.398. The highest BCUT2D eigenvalue weighted by Crippen LogP contribution is 2.26. The highest BCUT2D eigenvalue weighted by Gasteiger charge is 2.15. The van der Waals surface area contributed by atoms with Crippen molar-refractivity contribution >= 4 is 16.7 Å². The molecule has 0 aliphatic carbocycles. The predicted molar refractivity (Wildman–Crippen MR) is 95.4 cm³/mol. The van der Waals surface area contributed by atoms with Gasteiger partial charge in [-0.2, -0.15) is 4.98 Å². The van der Waals surface area contributed by atoms with Crippen LogP contribution in [0.3, 0.4) is 0 Å². The number of nitro benzene ring substituents is 1. The van der Waals surface area contributed by atoms with Gasteiger partial charge in [-0.25, -0.2) is 4.98 Å². The van der Waals surface area contributed by atoms with Crippen LogP contribution in [0.1, 0.15) is 13.3 Å². The van der Waals surface area contributed by atoms with Gasteiger partial charge in [0, 0.05) is 29.8 Å². The van der Waals surface area contributed by atoms with Crippen molar-refractivity contribution in [3.05, 3.63) is 58.9 Å². The van der Waals surface area contributed by atoms with Gasteiger partial charge in [0.05, 0.1) is 22.3 Å². The van der Waals surface area contributed by atoms with Gasteiger partial charge in [-0.05, 0) is 30.7 Å². The number of imidazole rings is 1. The average molecular weight is 349 g/mol. The highest BCUT2D eigenvalue weighted by molar-refractivity contribution is 5.80. The van der Waals surface area contributed by atoms with E-state index in [1.54, 1.807) is 12.1 Å². The lowest BCUT2D eigenvalue weighted by Crippen LogP contribution is -1.93. The first-order valence-corrected chi connectivity index (χ1v) is 8.19. The van der Waals surface area contributed by atoms with Gasteiger partial charge in [0.2, 0.25) is 5.82 Å². The Labute approximate surface area is 148 Å². The number of aryl methyl sites for hydroxylation is 1. The van der Waals surface area contributed by atoms with Crippen LogP contribution in [0.2, 0.25) is 0 Å². The molecule has 0 fully saturated rings. The van der Waals surface area contributed by atoms with E-state index in [0.717, 1.165) is 29.6 Å². The fourth-order valence-corrected chi connectivity index (χ4v) is 2.83. The normalized spacial score (nSPS) is 11.1. The first-order valence-electron chi connectivity index (χ1n) is 8.19. The molecule has 0 bridgehead atoms. The van der Waals surface area contributed by atoms with Gasteiger partial charge in [0.15, 0.2) is 0 Å². The highest BCUT2D eigenvalue weighted by atomic mass is 16.6. The number of benzene rings is 2. The molecule has 0 spiro atoms. The molecule has 0 saturated heterocycles. The summed E-state index contributed by atoms with van der Waals surface area (Å²) in [5.41, 5.74) is 3.17. The molecule has 4 aromatic rings. The summed E-state index contributed by atoms with van der Waals surface area (Å²) in [6.07, 6.45) is 2.85. The molecule has 26 heavy (non-hydrogen) atoms. The Morgan fingerprint density at radius 3 is 2.88 bits per heavy atom. The number of aromatic nitrogens is 4. The molecule has 0 unspecified atom stereocenters. The second-order valence-corrected chi connectivity index (χ2v) is 5.87. The molecular weight excluding hydrogens is 334 g/mol. The minimum Gasteiger partial charge on any atom is -0.334 e. The second-order valence-electron chi connectivity index (χ2n) is 5.87. The average Bonchev–Trinajstić information content (AvgIpc) is 3.29. The maximum absolute atomic E-state index is 10.9. The van der Waals surface area contributed by atoms with Crippen molar-refractivity contribution in [2.24, 2.45) is 0 Å². The molecule has 4 rings (SSSR count). The summed E-state index contributed by atoms with van der Waals surface area (Å²) in [7, 11) is 0. The zero-order valence-electron chi connectivity index (χ0n) is 14.0. The maximum Gasteiger partial charge on any atom is 0.270 e. The molecular formula is C18H15N5O3. The molecule has 0 aliphatic heterocycles. The SMILES string of the molecule is CCCn1cnc2cc(-c3noc(-c4cccc([N+](=O)[O-])c4)n3)ccc21. The second kappa shape index (κ2) is 6.40. The Hall–Kier alpha value is -3.55. The Kier molecular flexibility index (Phi) is 3.92. The summed E-state index contributed by atoms with van der Waals surface area (Å²) in [5.74, 6) is 0.652. The van der Waals surface area contributed by atoms with E-state index >= 15 is 0 Å². The van der Waals surface area contributed by atoms with E-state index in [9.17, 15) is 10.1 Å². The lowest BCUT2D eigenvalue weighted by Gasteiger charge is -2.01. The third-order valence-electron chi connectivity index (χ3n) is 4.07. The zero-order chi connectivity index (χ0) is 18.1. The lowest BCUT2D eigenvalue weighted by molar-refractivity contribution is -0.384. The Morgan fingerprint density at radius 2 is 2.08 bits per heavy atom. The number of non-ortho nitro benzene ring substituents is 1. The fourth-order valence-electron chi connectivity index (χ4n) is 2.83. The van der Waals surface area contributed by atoms with Crippen LogP contribution >= 0.6 is 0 Å². The van der Waals surface area contributed by atoms with E-state index in [1.165, 1.54) is 12.1 Å². The van der Waals surface area contributed by atoms with E-state index in [-0.39, 0.29) is 11.6 Å². The van der Waals surface area contributed by atoms with E-state index in [0.29, 0.717) is 11.4 Å². The van der Waals surface area contributed by atoms with Gasteiger partial charge < -0.3 is 9.09 Å². The molecule has 0 amide bonds. The van der Waals surface area contributed by atoms with Crippen molar-refractivity contribution in [3.63, 3.8) is 0 Å². The number of nitro groups is 1. The molecule has 8 nitrogen and oxygen atoms in total. The van der Waals surface area contributed by atoms with Gasteiger partial charge >= 0.3 is 0 Å². The van der Waals surface area contributed by atoms with Crippen LogP contribution in [0.4, 0.5) is 5.69 Å². The topological polar surface area (TPSA) is 99.9 Å². The fraction of sp³-hybridized carbons (Fsp3) is 0.167. The molecule has 0 aliphatic rings. The molecule has 2 aromatic carbocycles. The minimum atomic E-state index is -0.457. The third-order valence-corrected chi connectivity index (χ3v) is 4.07. The molecule has 0 atom stereocenters. The van der Waals surface area contributed by atoms with Crippen LogP contribution in [0.15, 0.2) is 53.3 Å². The summed E-state index contributed by atoms with van der Waals surface area (Å²) >= 11 is 0. The van der Waals surface area contributed by atoms with Crippen LogP contribution in [-0.4, -0.2) is 24.6 Å². The van der Waals surface area contributed by atoms with Crippen molar-refractivity contribution < 1.29 is 9.45 Å². The first kappa shape index (κ1) is 15.9. The van der Waals surface area contributed by atoms with Crippen LogP contribution < -0.4 is 0 Å². The summed E-state index contributed by atoms with van der Waals surface area (Å²) < 4.78 is 7.39. The zero-order valence-corrected chi connectivity index (χ0v) is 14.0. The van der Waals surface area contributed by atoms with E-state index in [2.05, 4.69) is 26.6 Å². The molecule has 130 valence electrons. The van der Waals surface area contributed by atoms with Gasteiger partial charge in [0.25, 0.3) is 11.6 Å². The van der Waals surface area contributed by atoms with Crippen LogP contribution in [0, 0.1) is 10.1 Å². The lowest BCUT2D eigenvalue weighted by atomic mass is 10.2. The predicted octanol–water partition coefficient (Wildman–Crippen LogP) is 4.07. The smallest absolute Gasteiger partial charge is 0.270 e. The molecule has 0 saturated carbocycles. The number of hydrogen-bond donors (Lipinski definition) is 0. The number of nitrogens with zero attached hydrogens (tertiary/aromatic N) is 5. The third kappa shape index (κ3) is 2.81. The summed E-state index contributed by atoms with van der Waals surface area (Å²) in [5, 5.41) is 14.9. The van der Waals surface area contributed by atoms with E-state index < -0.39 is 4.92 Å². The van der Waals surface area contributed by atoms with Crippen molar-refractivity contribution in [2.45, 2.75) is 19.9 Å². The summed E-state index contributed by atoms with van der Waals surface area (Å²) in [4.78, 5) is 19.2. The molecule has 2 heterocycles. The number of rotatable bonds is 5. The first-order chi connectivity index (χ1) is 12.7.